The summed E-state index contributed by atoms with van der Waals surface area (Å²) in [5.74, 6) is 0. The molecule has 10 heavy (non-hydrogen) atoms. The number of nitrogens with zero attached hydrogens (tertiary/aromatic N) is 2. The van der Waals surface area contributed by atoms with Gasteiger partial charge in [0.2, 0.25) is 0 Å². The summed E-state index contributed by atoms with van der Waals surface area (Å²) in [4.78, 5) is 7.91. The Morgan fingerprint density at radius 3 is 3.00 bits per heavy atom. The lowest BCUT2D eigenvalue weighted by Gasteiger charge is -1.96. The van der Waals surface area contributed by atoms with Crippen molar-refractivity contribution in [2.24, 2.45) is 4.99 Å². The van der Waals surface area contributed by atoms with Gasteiger partial charge < -0.3 is 0 Å². The highest BCUT2D eigenvalue weighted by Crippen LogP contribution is 2.23. The minimum atomic E-state index is 0.856. The summed E-state index contributed by atoms with van der Waals surface area (Å²) < 4.78 is 0. The van der Waals surface area contributed by atoms with E-state index in [1.165, 1.54) is 0 Å². The van der Waals surface area contributed by atoms with Gasteiger partial charge in [-0.05, 0) is 25.1 Å². The van der Waals surface area contributed by atoms with Crippen molar-refractivity contribution in [2.45, 2.75) is 5.03 Å². The van der Waals surface area contributed by atoms with Crippen molar-refractivity contribution in [3.05, 3.63) is 18.3 Å². The highest BCUT2D eigenvalue weighted by molar-refractivity contribution is 7.98. The van der Waals surface area contributed by atoms with E-state index in [0.29, 0.717) is 0 Å². The lowest BCUT2D eigenvalue weighted by atomic mass is 10.4. The van der Waals surface area contributed by atoms with Gasteiger partial charge in [0.05, 0.1) is 5.69 Å². The van der Waals surface area contributed by atoms with E-state index >= 15 is 0 Å². The van der Waals surface area contributed by atoms with Crippen LogP contribution in [0.3, 0.4) is 0 Å². The van der Waals surface area contributed by atoms with Gasteiger partial charge in [-0.2, -0.15) is 0 Å². The van der Waals surface area contributed by atoms with Crippen LogP contribution in [0, 0.1) is 0 Å². The third kappa shape index (κ3) is 1.36. The van der Waals surface area contributed by atoms with Crippen LogP contribution in [-0.4, -0.2) is 18.0 Å². The molecule has 0 spiro atoms. The largest absolute Gasteiger partial charge is 0.262 e. The van der Waals surface area contributed by atoms with E-state index < -0.39 is 0 Å². The number of hydrogen-bond acceptors (Lipinski definition) is 3. The SMILES string of the molecule is C=Nc1cccnc1SC. The number of hydrogen-bond donors (Lipinski definition) is 0. The summed E-state index contributed by atoms with van der Waals surface area (Å²) in [7, 11) is 0. The second kappa shape index (κ2) is 3.37. The van der Waals surface area contributed by atoms with E-state index in [1.807, 2.05) is 18.4 Å². The summed E-state index contributed by atoms with van der Waals surface area (Å²) in [5, 5.41) is 0.928. The van der Waals surface area contributed by atoms with E-state index in [-0.39, 0.29) is 0 Å². The zero-order valence-electron chi connectivity index (χ0n) is 5.74. The van der Waals surface area contributed by atoms with Crippen LogP contribution >= 0.6 is 11.8 Å². The molecule has 3 heteroatoms. The first-order chi connectivity index (χ1) is 4.88. The second-order valence-electron chi connectivity index (χ2n) is 1.69. The van der Waals surface area contributed by atoms with E-state index in [2.05, 4.69) is 16.7 Å². The molecule has 0 aliphatic heterocycles. The highest BCUT2D eigenvalue weighted by Gasteiger charge is 1.95. The number of rotatable bonds is 2. The van der Waals surface area contributed by atoms with Crippen molar-refractivity contribution in [2.75, 3.05) is 6.26 Å². The van der Waals surface area contributed by atoms with E-state index in [9.17, 15) is 0 Å². The van der Waals surface area contributed by atoms with Crippen molar-refractivity contribution in [3.63, 3.8) is 0 Å². The predicted molar refractivity (Wildman–Crippen MR) is 45.2 cm³/mol. The molecule has 0 atom stereocenters. The van der Waals surface area contributed by atoms with Gasteiger partial charge in [0.25, 0.3) is 0 Å². The Morgan fingerprint density at radius 1 is 1.70 bits per heavy atom. The van der Waals surface area contributed by atoms with Crippen LogP contribution in [0.4, 0.5) is 5.69 Å². The van der Waals surface area contributed by atoms with Crippen LogP contribution in [0.15, 0.2) is 28.3 Å². The molecule has 0 bridgehead atoms. The maximum atomic E-state index is 4.10. The normalized spacial score (nSPS) is 9.30. The van der Waals surface area contributed by atoms with E-state index in [0.717, 1.165) is 10.7 Å². The minimum Gasteiger partial charge on any atom is -0.262 e. The molecule has 0 saturated heterocycles. The molecule has 0 aromatic carbocycles. The monoisotopic (exact) mass is 152 g/mol. The summed E-state index contributed by atoms with van der Waals surface area (Å²) in [6.45, 7) is 3.44. The highest BCUT2D eigenvalue weighted by atomic mass is 32.2. The standard InChI is InChI=1S/C7H8N2S/c1-8-6-4-3-5-9-7(6)10-2/h3-5H,1H2,2H3. The summed E-state index contributed by atoms with van der Waals surface area (Å²) in [6, 6.07) is 3.75. The smallest absolute Gasteiger partial charge is 0.121 e. The van der Waals surface area contributed by atoms with Gasteiger partial charge in [-0.25, -0.2) is 4.98 Å². The summed E-state index contributed by atoms with van der Waals surface area (Å²) in [6.07, 6.45) is 3.72. The number of aliphatic imine (C=N–C) groups is 1. The molecular formula is C7H8N2S. The van der Waals surface area contributed by atoms with Crippen LogP contribution in [-0.2, 0) is 0 Å². The van der Waals surface area contributed by atoms with E-state index in [1.54, 1.807) is 18.0 Å². The summed E-state index contributed by atoms with van der Waals surface area (Å²) >= 11 is 1.58. The molecule has 0 aliphatic carbocycles. The zero-order chi connectivity index (χ0) is 7.40. The van der Waals surface area contributed by atoms with Crippen LogP contribution in [0.5, 0.6) is 0 Å². The van der Waals surface area contributed by atoms with Gasteiger partial charge >= 0.3 is 0 Å². The Bertz CT molecular complexity index is 235. The lowest BCUT2D eigenvalue weighted by molar-refractivity contribution is 1.13. The molecule has 0 unspecified atom stereocenters. The topological polar surface area (TPSA) is 25.2 Å². The first-order valence-electron chi connectivity index (χ1n) is 2.84. The molecule has 1 aromatic rings. The van der Waals surface area contributed by atoms with Crippen LogP contribution in [0.1, 0.15) is 0 Å². The van der Waals surface area contributed by atoms with Gasteiger partial charge in [0, 0.05) is 6.20 Å². The average Bonchev–Trinajstić information content (AvgIpc) is 2.04. The molecule has 1 heterocycles. The number of pyridine rings is 1. The van der Waals surface area contributed by atoms with Gasteiger partial charge in [-0.15, -0.1) is 11.8 Å². The Balaban J connectivity index is 3.08. The van der Waals surface area contributed by atoms with Crippen LogP contribution in [0.2, 0.25) is 0 Å². The molecule has 0 radical (unpaired) electrons. The Hall–Kier alpha value is -0.830. The van der Waals surface area contributed by atoms with Crippen molar-refractivity contribution in [3.8, 4) is 0 Å². The molecule has 1 rings (SSSR count). The fraction of sp³-hybridized carbons (Fsp3) is 0.143. The van der Waals surface area contributed by atoms with Gasteiger partial charge in [-0.3, -0.25) is 4.99 Å². The summed E-state index contributed by atoms with van der Waals surface area (Å²) in [5.41, 5.74) is 0.856. The molecule has 0 saturated carbocycles. The third-order valence-corrected chi connectivity index (χ3v) is 1.82. The average molecular weight is 152 g/mol. The zero-order valence-corrected chi connectivity index (χ0v) is 6.56. The molecule has 0 N–H and O–H groups in total. The molecule has 1 aromatic heterocycles. The fourth-order valence-electron chi connectivity index (χ4n) is 0.660. The van der Waals surface area contributed by atoms with E-state index in [4.69, 9.17) is 0 Å². The number of aromatic nitrogens is 1. The molecule has 0 fully saturated rings. The Morgan fingerprint density at radius 2 is 2.50 bits per heavy atom. The van der Waals surface area contributed by atoms with Crippen LogP contribution < -0.4 is 0 Å². The number of thioether (sulfide) groups is 1. The maximum absolute atomic E-state index is 4.10. The first kappa shape index (κ1) is 7.28. The molecular weight excluding hydrogens is 144 g/mol. The molecule has 52 valence electrons. The van der Waals surface area contributed by atoms with Gasteiger partial charge in [0.1, 0.15) is 5.03 Å². The van der Waals surface area contributed by atoms with Gasteiger partial charge in [-0.1, -0.05) is 0 Å². The van der Waals surface area contributed by atoms with Crippen molar-refractivity contribution in [1.82, 2.24) is 4.98 Å². The quantitative estimate of drug-likeness (QED) is 0.479. The van der Waals surface area contributed by atoms with Crippen LogP contribution in [0.25, 0.3) is 0 Å². The molecule has 2 nitrogen and oxygen atoms in total. The second-order valence-corrected chi connectivity index (χ2v) is 2.48. The predicted octanol–water partition coefficient (Wildman–Crippen LogP) is 2.14. The fourth-order valence-corrected chi connectivity index (χ4v) is 1.17. The molecule has 0 amide bonds. The lowest BCUT2D eigenvalue weighted by Crippen LogP contribution is -1.76. The maximum Gasteiger partial charge on any atom is 0.121 e. The minimum absolute atomic E-state index is 0.856. The van der Waals surface area contributed by atoms with Crippen molar-refractivity contribution >= 4 is 24.2 Å². The molecule has 0 aliphatic rings. The van der Waals surface area contributed by atoms with Crippen molar-refractivity contribution < 1.29 is 0 Å². The third-order valence-electron chi connectivity index (χ3n) is 1.11. The van der Waals surface area contributed by atoms with Crippen molar-refractivity contribution in [1.29, 1.82) is 0 Å². The Labute approximate surface area is 64.4 Å². The first-order valence-corrected chi connectivity index (χ1v) is 4.06. The van der Waals surface area contributed by atoms with Gasteiger partial charge in [0.15, 0.2) is 0 Å². The Kier molecular flexibility index (Phi) is 2.45.